The van der Waals surface area contributed by atoms with Gasteiger partial charge >= 0.3 is 0 Å². The number of carbonyl (C=O) groups is 1. The van der Waals surface area contributed by atoms with Crippen LogP contribution >= 0.6 is 0 Å². The minimum atomic E-state index is -0.323. The third-order valence-corrected chi connectivity index (χ3v) is 6.56. The molecular weight excluding hydrogens is 443 g/mol. The van der Waals surface area contributed by atoms with Gasteiger partial charge in [0.25, 0.3) is 0 Å². The van der Waals surface area contributed by atoms with E-state index in [4.69, 9.17) is 0 Å². The van der Waals surface area contributed by atoms with E-state index >= 15 is 0 Å². The number of carbonyl (C=O) groups excluding carboxylic acids is 1. The van der Waals surface area contributed by atoms with Crippen molar-refractivity contribution in [1.82, 2.24) is 29.9 Å². The number of nitrogens with zero attached hydrogens (tertiary/aromatic N) is 5. The quantitative estimate of drug-likeness (QED) is 0.399. The molecule has 1 fully saturated rings. The molecule has 0 bridgehead atoms. The molecule has 2 aromatic carbocycles. The summed E-state index contributed by atoms with van der Waals surface area (Å²) in [6.45, 7) is 1.94. The summed E-state index contributed by atoms with van der Waals surface area (Å²) in [5.74, 6) is -0.210. The summed E-state index contributed by atoms with van der Waals surface area (Å²) >= 11 is 0. The number of nitrogens with one attached hydrogen (secondary N) is 1. The maximum atomic E-state index is 14.7. The lowest BCUT2D eigenvalue weighted by molar-refractivity contribution is -0.130. The number of halogens is 1. The van der Waals surface area contributed by atoms with Crippen LogP contribution in [0.15, 0.2) is 73.4 Å². The summed E-state index contributed by atoms with van der Waals surface area (Å²) in [5, 5.41) is 12.8. The molecule has 1 N–H and O–H groups in total. The molecule has 1 aliphatic heterocycles. The molecule has 0 radical (unpaired) electrons. The Morgan fingerprint density at radius 1 is 0.943 bits per heavy atom. The topological polar surface area (TPSA) is 79.7 Å². The smallest absolute Gasteiger partial charge is 0.244 e. The van der Waals surface area contributed by atoms with Crippen LogP contribution in [0.3, 0.4) is 0 Å². The Hall–Kier alpha value is -4.33. The third-order valence-electron chi connectivity index (χ3n) is 6.56. The van der Waals surface area contributed by atoms with Gasteiger partial charge < -0.3 is 4.90 Å². The van der Waals surface area contributed by atoms with Gasteiger partial charge in [-0.15, -0.1) is 0 Å². The molecule has 0 spiro atoms. The van der Waals surface area contributed by atoms with Gasteiger partial charge in [0.15, 0.2) is 0 Å². The Bertz CT molecular complexity index is 1500. The number of rotatable bonds is 5. The van der Waals surface area contributed by atoms with Gasteiger partial charge in [-0.3, -0.25) is 19.6 Å². The zero-order valence-corrected chi connectivity index (χ0v) is 19.0. The third kappa shape index (κ3) is 4.07. The number of hydrogen-bond donors (Lipinski definition) is 1. The van der Waals surface area contributed by atoms with Gasteiger partial charge in [0.2, 0.25) is 5.91 Å². The van der Waals surface area contributed by atoms with Crippen LogP contribution in [0.5, 0.6) is 0 Å². The SMILES string of the molecule is O=C(Cn1cc(-c2ccc(-c3cncc4cc(F)c(-c5ccn[nH]5)cc34)cc2)cn1)N1CCCC1. The van der Waals surface area contributed by atoms with Crippen molar-refractivity contribution >= 4 is 16.7 Å². The second-order valence-electron chi connectivity index (χ2n) is 8.80. The van der Waals surface area contributed by atoms with Gasteiger partial charge in [0.05, 0.1) is 11.9 Å². The molecule has 3 aromatic heterocycles. The van der Waals surface area contributed by atoms with Crippen LogP contribution in [-0.4, -0.2) is 48.9 Å². The Morgan fingerprint density at radius 2 is 1.74 bits per heavy atom. The standard InChI is InChI=1S/C27H23FN6O/c28-25-11-20-13-29-15-24(22(20)12-23(25)26-7-8-30-32-26)19-5-3-18(4-6-19)21-14-31-34(16-21)17-27(35)33-9-1-2-10-33/h3-8,11-16H,1-2,9-10,17H2,(H,30,32). The van der Waals surface area contributed by atoms with Crippen molar-refractivity contribution in [1.29, 1.82) is 0 Å². The highest BCUT2D eigenvalue weighted by Gasteiger charge is 2.18. The molecule has 0 unspecified atom stereocenters. The molecule has 0 saturated carbocycles. The molecule has 1 saturated heterocycles. The minimum absolute atomic E-state index is 0.113. The fourth-order valence-corrected chi connectivity index (χ4v) is 4.68. The highest BCUT2D eigenvalue weighted by molar-refractivity contribution is 5.98. The summed E-state index contributed by atoms with van der Waals surface area (Å²) in [5.41, 5.74) is 4.95. The Kier molecular flexibility index (Phi) is 5.33. The van der Waals surface area contributed by atoms with Crippen LogP contribution in [0, 0.1) is 5.82 Å². The van der Waals surface area contributed by atoms with Crippen LogP contribution in [0.25, 0.3) is 44.3 Å². The molecule has 174 valence electrons. The van der Waals surface area contributed by atoms with Crippen LogP contribution in [0.4, 0.5) is 4.39 Å². The number of amides is 1. The predicted molar refractivity (Wildman–Crippen MR) is 132 cm³/mol. The van der Waals surface area contributed by atoms with Gasteiger partial charge in [-0.25, -0.2) is 4.39 Å². The van der Waals surface area contributed by atoms with Crippen molar-refractivity contribution in [2.75, 3.05) is 13.1 Å². The van der Waals surface area contributed by atoms with Crippen molar-refractivity contribution in [3.63, 3.8) is 0 Å². The number of H-pyrrole nitrogens is 1. The molecular formula is C27H23FN6O. The number of hydrogen-bond acceptors (Lipinski definition) is 4. The molecule has 1 amide bonds. The van der Waals surface area contributed by atoms with Gasteiger partial charge in [-0.1, -0.05) is 24.3 Å². The van der Waals surface area contributed by atoms with Gasteiger partial charge in [0, 0.05) is 60.0 Å². The summed E-state index contributed by atoms with van der Waals surface area (Å²) in [6, 6.07) is 13.2. The predicted octanol–water partition coefficient (Wildman–Crippen LogP) is 4.92. The fourth-order valence-electron chi connectivity index (χ4n) is 4.68. The molecule has 8 heteroatoms. The van der Waals surface area contributed by atoms with Crippen LogP contribution < -0.4 is 0 Å². The molecule has 4 heterocycles. The van der Waals surface area contributed by atoms with E-state index in [1.54, 1.807) is 35.5 Å². The molecule has 0 aliphatic carbocycles. The normalized spacial score (nSPS) is 13.6. The number of benzene rings is 2. The van der Waals surface area contributed by atoms with E-state index in [-0.39, 0.29) is 18.3 Å². The van der Waals surface area contributed by atoms with Crippen molar-refractivity contribution in [2.24, 2.45) is 0 Å². The van der Waals surface area contributed by atoms with Gasteiger partial charge in [-0.2, -0.15) is 10.2 Å². The molecule has 7 nitrogen and oxygen atoms in total. The summed E-state index contributed by atoms with van der Waals surface area (Å²) in [4.78, 5) is 18.7. The first-order valence-corrected chi connectivity index (χ1v) is 11.6. The Morgan fingerprint density at radius 3 is 2.51 bits per heavy atom. The van der Waals surface area contributed by atoms with E-state index in [1.807, 2.05) is 41.4 Å². The zero-order chi connectivity index (χ0) is 23.8. The maximum Gasteiger partial charge on any atom is 0.244 e. The van der Waals surface area contributed by atoms with E-state index in [9.17, 15) is 9.18 Å². The fraction of sp³-hybridized carbons (Fsp3) is 0.185. The van der Waals surface area contributed by atoms with E-state index in [0.29, 0.717) is 11.3 Å². The second-order valence-corrected chi connectivity index (χ2v) is 8.80. The lowest BCUT2D eigenvalue weighted by atomic mass is 9.97. The van der Waals surface area contributed by atoms with E-state index < -0.39 is 0 Å². The molecule has 5 aromatic rings. The van der Waals surface area contributed by atoms with Crippen LogP contribution in [0.1, 0.15) is 12.8 Å². The lowest BCUT2D eigenvalue weighted by Crippen LogP contribution is -2.31. The second kappa shape index (κ2) is 8.79. The first-order chi connectivity index (χ1) is 17.2. The maximum absolute atomic E-state index is 14.7. The minimum Gasteiger partial charge on any atom is -0.341 e. The zero-order valence-electron chi connectivity index (χ0n) is 19.0. The monoisotopic (exact) mass is 466 g/mol. The van der Waals surface area contributed by atoms with Crippen LogP contribution in [0.2, 0.25) is 0 Å². The summed E-state index contributed by atoms with van der Waals surface area (Å²) < 4.78 is 16.4. The summed E-state index contributed by atoms with van der Waals surface area (Å²) in [7, 11) is 0. The number of aromatic amines is 1. The summed E-state index contributed by atoms with van der Waals surface area (Å²) in [6.07, 6.45) is 10.9. The average molecular weight is 467 g/mol. The number of fused-ring (bicyclic) bond motifs is 1. The molecule has 6 rings (SSSR count). The van der Waals surface area contributed by atoms with E-state index in [2.05, 4.69) is 20.3 Å². The van der Waals surface area contributed by atoms with Crippen LogP contribution in [-0.2, 0) is 11.3 Å². The highest BCUT2D eigenvalue weighted by Crippen LogP contribution is 2.33. The first-order valence-electron chi connectivity index (χ1n) is 11.6. The lowest BCUT2D eigenvalue weighted by Gasteiger charge is -2.14. The molecule has 0 atom stereocenters. The average Bonchev–Trinajstić information content (AvgIpc) is 3.66. The number of likely N-dealkylation sites (tertiary alicyclic amines) is 1. The van der Waals surface area contributed by atoms with Crippen molar-refractivity contribution < 1.29 is 9.18 Å². The van der Waals surface area contributed by atoms with Crippen molar-refractivity contribution in [3.05, 3.63) is 79.3 Å². The first kappa shape index (κ1) is 21.2. The van der Waals surface area contributed by atoms with Crippen molar-refractivity contribution in [3.8, 4) is 33.5 Å². The highest BCUT2D eigenvalue weighted by atomic mass is 19.1. The number of pyridine rings is 1. The molecule has 1 aliphatic rings. The van der Waals surface area contributed by atoms with E-state index in [0.717, 1.165) is 59.0 Å². The van der Waals surface area contributed by atoms with Gasteiger partial charge in [0.1, 0.15) is 12.4 Å². The number of aromatic nitrogens is 5. The molecule has 35 heavy (non-hydrogen) atoms. The van der Waals surface area contributed by atoms with E-state index in [1.165, 1.54) is 6.07 Å². The Labute approximate surface area is 201 Å². The Balaban J connectivity index is 1.28. The van der Waals surface area contributed by atoms with Gasteiger partial charge in [-0.05, 0) is 47.6 Å². The van der Waals surface area contributed by atoms with Crippen molar-refractivity contribution in [2.45, 2.75) is 19.4 Å². The largest absolute Gasteiger partial charge is 0.341 e.